The Morgan fingerprint density at radius 1 is 0.881 bits per heavy atom. The number of carbonyl (C=O) groups is 1. The zero-order valence-electron chi connectivity index (χ0n) is 22.8. The lowest BCUT2D eigenvalue weighted by Crippen LogP contribution is -3.00. The largest absolute Gasteiger partial charge is 1.00 e. The zero-order valence-corrected chi connectivity index (χ0v) is 26.0. The van der Waals surface area contributed by atoms with Crippen molar-refractivity contribution < 1.29 is 30.4 Å². The topological polar surface area (TPSA) is 96.9 Å². The Kier molecular flexibility index (Phi) is 10.3. The highest BCUT2D eigenvalue weighted by Gasteiger charge is 2.45. The van der Waals surface area contributed by atoms with E-state index in [4.69, 9.17) is 16.3 Å². The van der Waals surface area contributed by atoms with Crippen LogP contribution in [0.25, 0.3) is 0 Å². The zero-order chi connectivity index (χ0) is 28.9. The summed E-state index contributed by atoms with van der Waals surface area (Å²) in [4.78, 5) is 17.5. The maximum Gasteiger partial charge on any atom is 0.309 e. The number of esters is 1. The second-order valence-corrected chi connectivity index (χ2v) is 15.4. The molecule has 0 amide bonds. The third-order valence-electron chi connectivity index (χ3n) is 6.79. The van der Waals surface area contributed by atoms with E-state index in [1.54, 1.807) is 19.1 Å². The van der Waals surface area contributed by atoms with E-state index in [0.29, 0.717) is 16.9 Å². The van der Waals surface area contributed by atoms with E-state index < -0.39 is 23.3 Å². The molecule has 4 aromatic carbocycles. The summed E-state index contributed by atoms with van der Waals surface area (Å²) in [7, 11) is -5.98. The maximum absolute atomic E-state index is 13.1. The van der Waals surface area contributed by atoms with Crippen LogP contribution in [0.3, 0.4) is 0 Å². The van der Waals surface area contributed by atoms with Crippen LogP contribution in [0.2, 0.25) is 5.02 Å². The Balaban J connectivity index is 0.00000405. The lowest BCUT2D eigenvalue weighted by atomic mass is 10.3. The Labute approximate surface area is 258 Å². The molecular weight excluding hydrogens is 612 g/mol. The van der Waals surface area contributed by atoms with Crippen molar-refractivity contribution in [1.82, 2.24) is 4.72 Å². The first kappa shape index (κ1) is 31.5. The van der Waals surface area contributed by atoms with Gasteiger partial charge in [-0.25, -0.2) is 18.1 Å². The molecule has 1 aliphatic heterocycles. The number of hydrogen-bond donors (Lipinski definition) is 2. The van der Waals surface area contributed by atoms with Crippen LogP contribution in [0.1, 0.15) is 13.3 Å². The molecule has 0 saturated carbocycles. The molecule has 4 aromatic rings. The Bertz CT molecular complexity index is 1560. The van der Waals surface area contributed by atoms with Crippen LogP contribution in [-0.4, -0.2) is 39.2 Å². The lowest BCUT2D eigenvalue weighted by Gasteiger charge is -2.27. The number of halogens is 2. The summed E-state index contributed by atoms with van der Waals surface area (Å²) in [6.07, 6.45) is 0.822. The van der Waals surface area contributed by atoms with Gasteiger partial charge in [-0.1, -0.05) is 66.2 Å². The highest BCUT2D eigenvalue weighted by atomic mass is 35.5. The van der Waals surface area contributed by atoms with Gasteiger partial charge in [0.2, 0.25) is 5.96 Å². The quantitative estimate of drug-likeness (QED) is 0.214. The van der Waals surface area contributed by atoms with Gasteiger partial charge in [0.25, 0.3) is 10.0 Å². The summed E-state index contributed by atoms with van der Waals surface area (Å²) in [6, 6.07) is 35.1. The van der Waals surface area contributed by atoms with Crippen LogP contribution >= 0.6 is 18.9 Å². The number of nitrogens with zero attached hydrogens (tertiary/aromatic N) is 1. The van der Waals surface area contributed by atoms with Crippen molar-refractivity contribution in [3.63, 3.8) is 0 Å². The summed E-state index contributed by atoms with van der Waals surface area (Å²) >= 11 is 5.96. The molecule has 0 aromatic heterocycles. The molecule has 0 aliphatic carbocycles. The molecule has 0 spiro atoms. The van der Waals surface area contributed by atoms with Crippen molar-refractivity contribution >= 4 is 62.4 Å². The van der Waals surface area contributed by atoms with Gasteiger partial charge in [0, 0.05) is 5.02 Å². The number of guanidine groups is 1. The van der Waals surface area contributed by atoms with Crippen molar-refractivity contribution in [2.24, 2.45) is 4.99 Å². The molecule has 0 radical (unpaired) electrons. The number of sulfonamides is 1. The first-order valence-corrected chi connectivity index (χ1v) is 17.0. The van der Waals surface area contributed by atoms with Crippen molar-refractivity contribution in [1.29, 1.82) is 0 Å². The molecule has 0 bridgehead atoms. The van der Waals surface area contributed by atoms with Crippen molar-refractivity contribution in [2.45, 2.75) is 24.3 Å². The number of fused-ring (bicyclic) bond motifs is 1. The molecule has 5 rings (SSSR count). The third-order valence-corrected chi connectivity index (χ3v) is 12.8. The minimum atomic E-state index is -3.83. The van der Waals surface area contributed by atoms with E-state index >= 15 is 0 Å². The van der Waals surface area contributed by atoms with Gasteiger partial charge < -0.3 is 22.5 Å². The van der Waals surface area contributed by atoms with Gasteiger partial charge in [-0.05, 0) is 61.5 Å². The maximum atomic E-state index is 13.1. The molecule has 1 aliphatic rings. The van der Waals surface area contributed by atoms with Crippen molar-refractivity contribution in [2.75, 3.05) is 18.1 Å². The van der Waals surface area contributed by atoms with E-state index in [0.717, 1.165) is 0 Å². The van der Waals surface area contributed by atoms with E-state index in [1.807, 2.05) is 54.6 Å². The number of carbonyl (C=O) groups excluding carboxylic acids is 1. The SMILES string of the molecule is C[C@H](COC(=O)CC[P+](c1ccccc1)(c1ccccc1)c1ccccc1)N=C1Nc2ccc(Cl)cc2S(=O)(=O)N1.[Cl-]. The standard InChI is InChI=1S/C31H30ClN3O4PS.ClH/c1-23(33-31-34-28-18-17-24(32)21-29(28)41(37,38)35-31)22-39-30(36)19-20-40(25-11-5-2-6-12-25,26-13-7-3-8-14-26)27-15-9-4-10-16-27;/h2-18,21,23H,19-20,22H2,1H3,(H2,33,34,35);1H/q+1;/p-1/t23-;/m1./s1. The summed E-state index contributed by atoms with van der Waals surface area (Å²) < 4.78 is 33.3. The van der Waals surface area contributed by atoms with Gasteiger partial charge in [0.1, 0.15) is 34.7 Å². The number of rotatable bonds is 9. The fourth-order valence-electron chi connectivity index (χ4n) is 4.90. The Morgan fingerprint density at radius 2 is 1.40 bits per heavy atom. The monoisotopic (exact) mass is 641 g/mol. The van der Waals surface area contributed by atoms with Crippen LogP contribution < -0.4 is 38.4 Å². The number of benzene rings is 4. The molecule has 11 heteroatoms. The molecular formula is C31H30Cl2N3O4PS. The van der Waals surface area contributed by atoms with Crippen LogP contribution in [0.15, 0.2) is 119 Å². The van der Waals surface area contributed by atoms with E-state index in [1.165, 1.54) is 22.0 Å². The molecule has 0 saturated heterocycles. The van der Waals surface area contributed by atoms with Gasteiger partial charge in [-0.3, -0.25) is 4.79 Å². The normalized spacial score (nSPS) is 15.3. The van der Waals surface area contributed by atoms with Gasteiger partial charge in [0.15, 0.2) is 0 Å². The van der Waals surface area contributed by atoms with Crippen molar-refractivity contribution in [3.05, 3.63) is 114 Å². The molecule has 1 heterocycles. The summed E-state index contributed by atoms with van der Waals surface area (Å²) in [5.41, 5.74) is 0.374. The van der Waals surface area contributed by atoms with Crippen LogP contribution in [0.4, 0.5) is 5.69 Å². The minimum absolute atomic E-state index is 0. The fraction of sp³-hybridized carbons (Fsp3) is 0.161. The molecule has 42 heavy (non-hydrogen) atoms. The third kappa shape index (κ3) is 6.96. The average Bonchev–Trinajstić information content (AvgIpc) is 2.98. The highest BCUT2D eigenvalue weighted by molar-refractivity contribution is 7.95. The second kappa shape index (κ2) is 13.7. The molecule has 0 fully saturated rings. The smallest absolute Gasteiger partial charge is 0.309 e. The van der Waals surface area contributed by atoms with Gasteiger partial charge in [0.05, 0.1) is 24.3 Å². The van der Waals surface area contributed by atoms with Crippen LogP contribution in [-0.2, 0) is 19.6 Å². The minimum Gasteiger partial charge on any atom is -1.00 e. The van der Waals surface area contributed by atoms with Crippen molar-refractivity contribution in [3.8, 4) is 0 Å². The van der Waals surface area contributed by atoms with E-state index in [2.05, 4.69) is 51.4 Å². The number of ether oxygens (including phenoxy) is 1. The van der Waals surface area contributed by atoms with Crippen LogP contribution in [0.5, 0.6) is 0 Å². The summed E-state index contributed by atoms with van der Waals surface area (Å²) in [6.45, 7) is 1.76. The molecule has 1 atom stereocenters. The summed E-state index contributed by atoms with van der Waals surface area (Å²) in [5.74, 6) is -0.271. The number of aliphatic imine (C=N–C) groups is 1. The molecule has 218 valence electrons. The van der Waals surface area contributed by atoms with Crippen LogP contribution in [0, 0.1) is 0 Å². The Hall–Kier alpha value is -3.42. The molecule has 0 unspecified atom stereocenters. The van der Waals surface area contributed by atoms with E-state index in [-0.39, 0.29) is 42.3 Å². The molecule has 7 nitrogen and oxygen atoms in total. The van der Waals surface area contributed by atoms with Gasteiger partial charge >= 0.3 is 5.97 Å². The highest BCUT2D eigenvalue weighted by Crippen LogP contribution is 2.55. The van der Waals surface area contributed by atoms with Gasteiger partial charge in [-0.15, -0.1) is 0 Å². The number of nitrogens with one attached hydrogen (secondary N) is 2. The second-order valence-electron chi connectivity index (χ2n) is 9.67. The summed E-state index contributed by atoms with van der Waals surface area (Å²) in [5, 5.41) is 6.87. The predicted octanol–water partition coefficient (Wildman–Crippen LogP) is 1.72. The first-order valence-electron chi connectivity index (χ1n) is 13.2. The first-order chi connectivity index (χ1) is 19.8. The number of hydrogen-bond acceptors (Lipinski definition) is 5. The predicted molar refractivity (Wildman–Crippen MR) is 168 cm³/mol. The fourth-order valence-corrected chi connectivity index (χ4v) is 10.5. The number of anilines is 1. The molecule has 2 N–H and O–H groups in total. The lowest BCUT2D eigenvalue weighted by molar-refractivity contribution is -0.143. The van der Waals surface area contributed by atoms with E-state index in [9.17, 15) is 13.2 Å². The average molecular weight is 643 g/mol. The Morgan fingerprint density at radius 3 is 1.93 bits per heavy atom. The van der Waals surface area contributed by atoms with Gasteiger partial charge in [-0.2, -0.15) is 0 Å².